The van der Waals surface area contributed by atoms with E-state index in [1.54, 1.807) is 18.2 Å². The highest BCUT2D eigenvalue weighted by Crippen LogP contribution is 2.17. The molecule has 0 bridgehead atoms. The molecule has 112 valence electrons. The lowest BCUT2D eigenvalue weighted by Gasteiger charge is -2.08. The fraction of sp³-hybridized carbons (Fsp3) is 0.400. The van der Waals surface area contributed by atoms with Gasteiger partial charge < -0.3 is 14.5 Å². The Morgan fingerprint density at radius 1 is 1.33 bits per heavy atom. The molecule has 0 spiro atoms. The zero-order valence-corrected chi connectivity index (χ0v) is 12.4. The number of aromatic nitrogens is 2. The summed E-state index contributed by atoms with van der Waals surface area (Å²) in [5.41, 5.74) is 0.508. The van der Waals surface area contributed by atoms with Gasteiger partial charge in [0.25, 0.3) is 5.91 Å². The van der Waals surface area contributed by atoms with E-state index in [1.165, 1.54) is 7.11 Å². The van der Waals surface area contributed by atoms with Crippen LogP contribution in [0.3, 0.4) is 0 Å². The van der Waals surface area contributed by atoms with Gasteiger partial charge in [0.05, 0.1) is 12.7 Å². The van der Waals surface area contributed by atoms with Crippen molar-refractivity contribution in [2.45, 2.75) is 26.2 Å². The van der Waals surface area contributed by atoms with Gasteiger partial charge in [-0.05, 0) is 12.1 Å². The molecule has 0 saturated heterocycles. The number of rotatable bonds is 6. The Morgan fingerprint density at radius 3 is 2.76 bits per heavy atom. The Bertz CT molecular complexity index is 608. The van der Waals surface area contributed by atoms with Crippen LogP contribution in [0.4, 0.5) is 0 Å². The molecule has 0 unspecified atom stereocenters. The number of hydrogen-bond acceptors (Lipinski definition) is 5. The molecular weight excluding hydrogens is 270 g/mol. The van der Waals surface area contributed by atoms with Crippen molar-refractivity contribution in [3.05, 3.63) is 41.6 Å². The first-order chi connectivity index (χ1) is 10.1. The summed E-state index contributed by atoms with van der Waals surface area (Å²) in [7, 11) is 1.54. The lowest BCUT2D eigenvalue weighted by atomic mass is 10.2. The number of amides is 1. The van der Waals surface area contributed by atoms with Gasteiger partial charge in [-0.1, -0.05) is 26.0 Å². The fourth-order valence-corrected chi connectivity index (χ4v) is 1.81. The zero-order chi connectivity index (χ0) is 15.2. The minimum Gasteiger partial charge on any atom is -0.496 e. The summed E-state index contributed by atoms with van der Waals surface area (Å²) in [6, 6.07) is 7.09. The first-order valence-corrected chi connectivity index (χ1v) is 6.85. The Balaban J connectivity index is 1.89. The second-order valence-electron chi connectivity index (χ2n) is 4.89. The molecule has 0 aliphatic rings. The van der Waals surface area contributed by atoms with Crippen LogP contribution in [0.15, 0.2) is 28.7 Å². The summed E-state index contributed by atoms with van der Waals surface area (Å²) < 4.78 is 10.6. The van der Waals surface area contributed by atoms with Crippen LogP contribution in [0.25, 0.3) is 0 Å². The van der Waals surface area contributed by atoms with Crippen molar-refractivity contribution in [2.75, 3.05) is 13.7 Å². The van der Waals surface area contributed by atoms with Crippen LogP contribution < -0.4 is 10.1 Å². The van der Waals surface area contributed by atoms with Crippen LogP contribution in [-0.2, 0) is 6.42 Å². The molecule has 2 rings (SSSR count). The molecule has 1 heterocycles. The quantitative estimate of drug-likeness (QED) is 0.882. The molecule has 1 amide bonds. The predicted molar refractivity (Wildman–Crippen MR) is 77.4 cm³/mol. The Hall–Kier alpha value is -2.37. The molecule has 0 radical (unpaired) electrons. The van der Waals surface area contributed by atoms with Gasteiger partial charge in [-0.15, -0.1) is 10.2 Å². The number of methoxy groups -OCH3 is 1. The molecule has 0 aliphatic carbocycles. The zero-order valence-electron chi connectivity index (χ0n) is 12.4. The molecule has 0 saturated carbocycles. The Labute approximate surface area is 123 Å². The van der Waals surface area contributed by atoms with E-state index in [4.69, 9.17) is 9.15 Å². The lowest BCUT2D eigenvalue weighted by molar-refractivity contribution is 0.0950. The predicted octanol–water partition coefficient (Wildman–Crippen LogP) is 2.17. The molecule has 1 aromatic carbocycles. The topological polar surface area (TPSA) is 77.2 Å². The number of hydrogen-bond donors (Lipinski definition) is 1. The van der Waals surface area contributed by atoms with Crippen molar-refractivity contribution in [3.63, 3.8) is 0 Å². The maximum absolute atomic E-state index is 12.1. The third kappa shape index (κ3) is 3.81. The van der Waals surface area contributed by atoms with Gasteiger partial charge in [0.15, 0.2) is 0 Å². The van der Waals surface area contributed by atoms with Crippen molar-refractivity contribution >= 4 is 5.91 Å². The largest absolute Gasteiger partial charge is 0.496 e. The fourth-order valence-electron chi connectivity index (χ4n) is 1.81. The third-order valence-corrected chi connectivity index (χ3v) is 2.95. The van der Waals surface area contributed by atoms with Crippen LogP contribution in [-0.4, -0.2) is 29.8 Å². The van der Waals surface area contributed by atoms with E-state index in [1.807, 2.05) is 19.9 Å². The molecule has 1 N–H and O–H groups in total. The van der Waals surface area contributed by atoms with Gasteiger partial charge in [0, 0.05) is 18.9 Å². The van der Waals surface area contributed by atoms with E-state index in [0.29, 0.717) is 36.1 Å². The summed E-state index contributed by atoms with van der Waals surface area (Å²) >= 11 is 0. The van der Waals surface area contributed by atoms with Gasteiger partial charge in [-0.3, -0.25) is 4.79 Å². The SMILES string of the molecule is COc1ccccc1C(=O)NCCc1nnc(C(C)C)o1. The summed E-state index contributed by atoms with van der Waals surface area (Å²) in [6.07, 6.45) is 0.501. The highest BCUT2D eigenvalue weighted by Gasteiger charge is 2.12. The number of para-hydroxylation sites is 1. The van der Waals surface area contributed by atoms with Gasteiger partial charge in [-0.25, -0.2) is 0 Å². The van der Waals surface area contributed by atoms with Gasteiger partial charge in [-0.2, -0.15) is 0 Å². The first kappa shape index (κ1) is 15.0. The van der Waals surface area contributed by atoms with Crippen LogP contribution in [0.2, 0.25) is 0 Å². The van der Waals surface area contributed by atoms with Crippen LogP contribution in [0, 0.1) is 0 Å². The molecular formula is C15H19N3O3. The highest BCUT2D eigenvalue weighted by molar-refractivity contribution is 5.96. The minimum absolute atomic E-state index is 0.184. The summed E-state index contributed by atoms with van der Waals surface area (Å²) in [5, 5.41) is 10.7. The van der Waals surface area contributed by atoms with E-state index in [0.717, 1.165) is 0 Å². The van der Waals surface area contributed by atoms with E-state index < -0.39 is 0 Å². The van der Waals surface area contributed by atoms with Crippen LogP contribution in [0.5, 0.6) is 5.75 Å². The molecule has 6 nitrogen and oxygen atoms in total. The second kappa shape index (κ2) is 6.88. The summed E-state index contributed by atoms with van der Waals surface area (Å²) in [4.78, 5) is 12.1. The van der Waals surface area contributed by atoms with Crippen molar-refractivity contribution in [3.8, 4) is 5.75 Å². The lowest BCUT2D eigenvalue weighted by Crippen LogP contribution is -2.26. The van der Waals surface area contributed by atoms with E-state index in [9.17, 15) is 4.79 Å². The van der Waals surface area contributed by atoms with Crippen LogP contribution >= 0.6 is 0 Å². The number of nitrogens with one attached hydrogen (secondary N) is 1. The highest BCUT2D eigenvalue weighted by atomic mass is 16.5. The molecule has 0 aliphatic heterocycles. The number of ether oxygens (including phenoxy) is 1. The van der Waals surface area contributed by atoms with E-state index >= 15 is 0 Å². The molecule has 0 fully saturated rings. The van der Waals surface area contributed by atoms with Crippen molar-refractivity contribution in [1.29, 1.82) is 0 Å². The molecule has 6 heteroatoms. The minimum atomic E-state index is -0.184. The van der Waals surface area contributed by atoms with Crippen molar-refractivity contribution in [2.24, 2.45) is 0 Å². The van der Waals surface area contributed by atoms with Gasteiger partial charge in [0.2, 0.25) is 11.8 Å². The molecule has 1 aromatic heterocycles. The van der Waals surface area contributed by atoms with Crippen molar-refractivity contribution < 1.29 is 13.9 Å². The molecule has 0 atom stereocenters. The number of nitrogens with zero attached hydrogens (tertiary/aromatic N) is 2. The third-order valence-electron chi connectivity index (χ3n) is 2.95. The maximum atomic E-state index is 12.1. The van der Waals surface area contributed by atoms with E-state index in [-0.39, 0.29) is 11.8 Å². The maximum Gasteiger partial charge on any atom is 0.255 e. The van der Waals surface area contributed by atoms with Crippen LogP contribution in [0.1, 0.15) is 41.9 Å². The molecule has 2 aromatic rings. The number of benzene rings is 1. The van der Waals surface area contributed by atoms with Gasteiger partial charge in [0.1, 0.15) is 5.75 Å². The Kier molecular flexibility index (Phi) is 4.92. The summed E-state index contributed by atoms with van der Waals surface area (Å²) in [6.45, 7) is 4.40. The average Bonchev–Trinajstić information content (AvgIpc) is 2.96. The van der Waals surface area contributed by atoms with E-state index in [2.05, 4.69) is 15.5 Å². The number of carbonyl (C=O) groups is 1. The standard InChI is InChI=1S/C15H19N3O3/c1-10(2)15-18-17-13(21-15)8-9-16-14(19)11-6-4-5-7-12(11)20-3/h4-7,10H,8-9H2,1-3H3,(H,16,19). The normalized spacial score (nSPS) is 10.7. The van der Waals surface area contributed by atoms with Crippen molar-refractivity contribution in [1.82, 2.24) is 15.5 Å². The van der Waals surface area contributed by atoms with Gasteiger partial charge >= 0.3 is 0 Å². The first-order valence-electron chi connectivity index (χ1n) is 6.85. The molecule has 21 heavy (non-hydrogen) atoms. The monoisotopic (exact) mass is 289 g/mol. The summed E-state index contributed by atoms with van der Waals surface area (Å²) in [5.74, 6) is 1.71. The Morgan fingerprint density at radius 2 is 2.10 bits per heavy atom. The average molecular weight is 289 g/mol. The smallest absolute Gasteiger partial charge is 0.255 e. The second-order valence-corrected chi connectivity index (χ2v) is 4.89. The number of carbonyl (C=O) groups excluding carboxylic acids is 1.